The summed E-state index contributed by atoms with van der Waals surface area (Å²) in [6.07, 6.45) is 0.755. The zero-order valence-corrected chi connectivity index (χ0v) is 9.27. The molecule has 0 radical (unpaired) electrons. The first kappa shape index (κ1) is 11.1. The summed E-state index contributed by atoms with van der Waals surface area (Å²) >= 11 is 0. The van der Waals surface area contributed by atoms with E-state index in [0.29, 0.717) is 37.6 Å². The second-order valence-corrected chi connectivity index (χ2v) is 4.44. The zero-order chi connectivity index (χ0) is 11.7. The average molecular weight is 224 g/mol. The Morgan fingerprint density at radius 3 is 2.75 bits per heavy atom. The van der Waals surface area contributed by atoms with Crippen LogP contribution in [0.25, 0.3) is 0 Å². The molecule has 6 heteroatoms. The van der Waals surface area contributed by atoms with Crippen molar-refractivity contribution in [1.29, 1.82) is 0 Å². The third kappa shape index (κ3) is 2.06. The van der Waals surface area contributed by atoms with Crippen molar-refractivity contribution in [3.05, 3.63) is 0 Å². The van der Waals surface area contributed by atoms with Crippen LogP contribution in [0.1, 0.15) is 19.8 Å². The summed E-state index contributed by atoms with van der Waals surface area (Å²) in [6, 6.07) is 0.0442. The number of hydrogen-bond donors (Lipinski definition) is 2. The molecule has 0 spiro atoms. The van der Waals surface area contributed by atoms with Gasteiger partial charge in [0, 0.05) is 32.0 Å². The predicted octanol–water partition coefficient (Wildman–Crippen LogP) is -0.942. The van der Waals surface area contributed by atoms with Crippen LogP contribution in [-0.4, -0.2) is 41.6 Å². The van der Waals surface area contributed by atoms with Crippen molar-refractivity contribution in [2.45, 2.75) is 25.8 Å². The van der Waals surface area contributed by atoms with E-state index in [9.17, 15) is 9.59 Å². The minimum atomic E-state index is -0.136. The molecule has 16 heavy (non-hydrogen) atoms. The Morgan fingerprint density at radius 1 is 1.50 bits per heavy atom. The highest BCUT2D eigenvalue weighted by Gasteiger charge is 2.32. The molecule has 0 aromatic rings. The normalized spacial score (nSPS) is 30.0. The molecule has 2 rings (SSSR count). The number of rotatable bonds is 1. The van der Waals surface area contributed by atoms with Crippen LogP contribution in [0.4, 0.5) is 0 Å². The van der Waals surface area contributed by atoms with Gasteiger partial charge in [0.15, 0.2) is 0 Å². The number of hydrazone groups is 1. The topological polar surface area (TPSA) is 87.8 Å². The smallest absolute Gasteiger partial charge is 0.270 e. The second-order valence-electron chi connectivity index (χ2n) is 4.44. The maximum atomic E-state index is 12.0. The maximum Gasteiger partial charge on any atom is 0.270 e. The molecule has 3 N–H and O–H groups in total. The van der Waals surface area contributed by atoms with Crippen LogP contribution >= 0.6 is 0 Å². The van der Waals surface area contributed by atoms with Crippen molar-refractivity contribution < 1.29 is 9.59 Å². The van der Waals surface area contributed by atoms with E-state index < -0.39 is 0 Å². The first-order valence-electron chi connectivity index (χ1n) is 5.48. The van der Waals surface area contributed by atoms with Crippen LogP contribution in [0.5, 0.6) is 0 Å². The van der Waals surface area contributed by atoms with E-state index >= 15 is 0 Å². The van der Waals surface area contributed by atoms with E-state index in [1.807, 2.05) is 6.92 Å². The number of hydrogen-bond acceptors (Lipinski definition) is 4. The molecule has 6 nitrogen and oxygen atoms in total. The van der Waals surface area contributed by atoms with Gasteiger partial charge in [0.05, 0.1) is 0 Å². The Bertz CT molecular complexity index is 343. The molecule has 2 heterocycles. The highest BCUT2D eigenvalue weighted by Crippen LogP contribution is 2.16. The summed E-state index contributed by atoms with van der Waals surface area (Å²) in [5, 5.41) is 3.79. The lowest BCUT2D eigenvalue weighted by atomic mass is 10.1. The standard InChI is InChI=1S/C10H16N4O2/c1-6-4-14(5-7(6)11)10(16)8-2-3-9(15)13-12-8/h6-7H,2-5,11H2,1H3,(H,13,15). The van der Waals surface area contributed by atoms with Crippen LogP contribution in [0.15, 0.2) is 5.10 Å². The summed E-state index contributed by atoms with van der Waals surface area (Å²) in [6.45, 7) is 3.28. The lowest BCUT2D eigenvalue weighted by Gasteiger charge is -2.18. The van der Waals surface area contributed by atoms with Gasteiger partial charge in [-0.25, -0.2) is 5.43 Å². The van der Waals surface area contributed by atoms with Crippen molar-refractivity contribution in [2.75, 3.05) is 13.1 Å². The van der Waals surface area contributed by atoms with E-state index in [1.54, 1.807) is 4.90 Å². The number of nitrogens with two attached hydrogens (primary N) is 1. The Hall–Kier alpha value is -1.43. The van der Waals surface area contributed by atoms with Crippen LogP contribution in [-0.2, 0) is 9.59 Å². The van der Waals surface area contributed by atoms with E-state index in [4.69, 9.17) is 5.73 Å². The van der Waals surface area contributed by atoms with Gasteiger partial charge in [-0.3, -0.25) is 9.59 Å². The average Bonchev–Trinajstić information content (AvgIpc) is 2.59. The van der Waals surface area contributed by atoms with E-state index in [2.05, 4.69) is 10.5 Å². The van der Waals surface area contributed by atoms with Crippen LogP contribution in [0.3, 0.4) is 0 Å². The molecule has 1 saturated heterocycles. The molecule has 2 aliphatic rings. The van der Waals surface area contributed by atoms with Gasteiger partial charge in [-0.15, -0.1) is 0 Å². The van der Waals surface area contributed by atoms with Crippen molar-refractivity contribution in [3.63, 3.8) is 0 Å². The minimum absolute atomic E-state index is 0.0442. The number of likely N-dealkylation sites (tertiary alicyclic amines) is 1. The number of carbonyl (C=O) groups is 2. The van der Waals surface area contributed by atoms with Gasteiger partial charge in [0.25, 0.3) is 5.91 Å². The SMILES string of the molecule is CC1CN(C(=O)C2=NNC(=O)CC2)CC1N. The quantitative estimate of drug-likeness (QED) is 0.602. The molecule has 0 bridgehead atoms. The van der Waals surface area contributed by atoms with Crippen LogP contribution in [0.2, 0.25) is 0 Å². The Balaban J connectivity index is 2.01. The number of carbonyl (C=O) groups excluding carboxylic acids is 2. The van der Waals surface area contributed by atoms with E-state index in [-0.39, 0.29) is 17.9 Å². The fraction of sp³-hybridized carbons (Fsp3) is 0.700. The van der Waals surface area contributed by atoms with Crippen molar-refractivity contribution in [1.82, 2.24) is 10.3 Å². The number of nitrogens with one attached hydrogen (secondary N) is 1. The Labute approximate surface area is 93.9 Å². The van der Waals surface area contributed by atoms with Gasteiger partial charge < -0.3 is 10.6 Å². The van der Waals surface area contributed by atoms with Gasteiger partial charge >= 0.3 is 0 Å². The molecule has 0 aromatic carbocycles. The number of amides is 2. The molecular weight excluding hydrogens is 208 g/mol. The van der Waals surface area contributed by atoms with Gasteiger partial charge in [0.1, 0.15) is 5.71 Å². The van der Waals surface area contributed by atoms with Gasteiger partial charge in [-0.1, -0.05) is 6.92 Å². The van der Waals surface area contributed by atoms with Crippen molar-refractivity contribution in [3.8, 4) is 0 Å². The summed E-state index contributed by atoms with van der Waals surface area (Å²) < 4.78 is 0. The van der Waals surface area contributed by atoms with Gasteiger partial charge in [-0.05, 0) is 5.92 Å². The largest absolute Gasteiger partial charge is 0.336 e. The van der Waals surface area contributed by atoms with Crippen LogP contribution in [0, 0.1) is 5.92 Å². The van der Waals surface area contributed by atoms with E-state index in [0.717, 1.165) is 0 Å². The fourth-order valence-electron chi connectivity index (χ4n) is 1.97. The molecule has 0 saturated carbocycles. The first-order valence-corrected chi connectivity index (χ1v) is 5.48. The highest BCUT2D eigenvalue weighted by atomic mass is 16.2. The molecule has 2 amide bonds. The molecule has 2 unspecified atom stereocenters. The monoisotopic (exact) mass is 224 g/mol. The lowest BCUT2D eigenvalue weighted by Crippen LogP contribution is -2.40. The van der Waals surface area contributed by atoms with Gasteiger partial charge in [0.2, 0.25) is 5.91 Å². The molecule has 88 valence electrons. The van der Waals surface area contributed by atoms with Gasteiger partial charge in [-0.2, -0.15) is 5.10 Å². The maximum absolute atomic E-state index is 12.0. The van der Waals surface area contributed by atoms with Crippen molar-refractivity contribution >= 4 is 17.5 Å². The van der Waals surface area contributed by atoms with E-state index in [1.165, 1.54) is 0 Å². The molecule has 2 atom stereocenters. The van der Waals surface area contributed by atoms with Crippen LogP contribution < -0.4 is 11.2 Å². The fourth-order valence-corrected chi connectivity index (χ4v) is 1.97. The summed E-state index contributed by atoms with van der Waals surface area (Å²) in [5.41, 5.74) is 8.62. The Morgan fingerprint density at radius 2 is 2.25 bits per heavy atom. The Kier molecular flexibility index (Phi) is 2.91. The number of nitrogens with zero attached hydrogens (tertiary/aromatic N) is 2. The summed E-state index contributed by atoms with van der Waals surface area (Å²) in [7, 11) is 0. The third-order valence-corrected chi connectivity index (χ3v) is 3.11. The molecule has 0 aromatic heterocycles. The zero-order valence-electron chi connectivity index (χ0n) is 9.27. The molecular formula is C10H16N4O2. The lowest BCUT2D eigenvalue weighted by molar-refractivity contribution is -0.123. The molecule has 2 aliphatic heterocycles. The third-order valence-electron chi connectivity index (χ3n) is 3.11. The molecule has 0 aliphatic carbocycles. The van der Waals surface area contributed by atoms with Crippen molar-refractivity contribution in [2.24, 2.45) is 16.8 Å². The molecule has 1 fully saturated rings. The minimum Gasteiger partial charge on any atom is -0.336 e. The predicted molar refractivity (Wildman–Crippen MR) is 58.5 cm³/mol. The first-order chi connectivity index (χ1) is 7.58. The summed E-state index contributed by atoms with van der Waals surface area (Å²) in [4.78, 5) is 24.6. The summed E-state index contributed by atoms with van der Waals surface area (Å²) in [5.74, 6) is 0.0885. The highest BCUT2D eigenvalue weighted by molar-refractivity contribution is 6.39. The second kappa shape index (κ2) is 4.21.